The Kier molecular flexibility index (Phi) is 7.91. The van der Waals surface area contributed by atoms with Gasteiger partial charge in [0.2, 0.25) is 0 Å². The van der Waals surface area contributed by atoms with Crippen molar-refractivity contribution < 1.29 is 29.0 Å². The van der Waals surface area contributed by atoms with Crippen LogP contribution in [-0.4, -0.2) is 15.0 Å². The first-order valence-electron chi connectivity index (χ1n) is 11.2. The van der Waals surface area contributed by atoms with Crippen molar-refractivity contribution in [2.75, 3.05) is 0 Å². The fourth-order valence-electron chi connectivity index (χ4n) is 4.12. The van der Waals surface area contributed by atoms with E-state index in [4.69, 9.17) is 64.4 Å². The van der Waals surface area contributed by atoms with Gasteiger partial charge in [-0.25, -0.2) is 15.0 Å². The topological polar surface area (TPSA) is 250 Å². The minimum atomic E-state index is 0.168. The van der Waals surface area contributed by atoms with Gasteiger partial charge in [0.25, 0.3) is 0 Å². The Morgan fingerprint density at radius 1 is 0.410 bits per heavy atom. The van der Waals surface area contributed by atoms with Crippen LogP contribution in [0, 0.1) is 20.8 Å². The van der Waals surface area contributed by atoms with Gasteiger partial charge in [-0.2, -0.15) is 35.4 Å². The summed E-state index contributed by atoms with van der Waals surface area (Å²) < 4.78 is 0. The Balaban J connectivity index is 2.07. The molecule has 39 heavy (non-hydrogen) atoms. The molecule has 0 bridgehead atoms. The molecule has 3 aromatic carbocycles. The van der Waals surface area contributed by atoms with Gasteiger partial charge in [0.15, 0.2) is 52.0 Å². The van der Waals surface area contributed by atoms with E-state index < -0.39 is 0 Å². The fraction of sp³-hybridized carbons (Fsp3) is 0.125. The van der Waals surface area contributed by atoms with Gasteiger partial charge < -0.3 is 29.0 Å². The van der Waals surface area contributed by atoms with Crippen molar-refractivity contribution in [1.82, 2.24) is 15.0 Å². The van der Waals surface area contributed by atoms with Gasteiger partial charge >= 0.3 is 0 Å². The molecule has 0 spiro atoms. The number of benzene rings is 3. The standard InChI is InChI=1S/C24H27N9O6/c1-10-16(34-25)7-4-13(19(10)37-28)22-31-23(14-5-8-17(35-26)11(2)20(14)38-29)33-24(32-22)15-6-9-18(36-27)12(3)21(15)39-30/h4-9H,25-30H2,1-3H3. The molecular formula is C24H27N9O6. The van der Waals surface area contributed by atoms with Crippen molar-refractivity contribution in [3.05, 3.63) is 53.1 Å². The quantitative estimate of drug-likeness (QED) is 0.165. The molecule has 1 aromatic heterocycles. The van der Waals surface area contributed by atoms with E-state index >= 15 is 0 Å². The van der Waals surface area contributed by atoms with Crippen molar-refractivity contribution in [2.24, 2.45) is 35.4 Å². The Morgan fingerprint density at radius 2 is 0.667 bits per heavy atom. The first kappa shape index (κ1) is 27.3. The zero-order valence-electron chi connectivity index (χ0n) is 21.2. The molecule has 4 rings (SSSR count). The minimum absolute atomic E-state index is 0.168. The van der Waals surface area contributed by atoms with Crippen LogP contribution in [0.15, 0.2) is 36.4 Å². The molecule has 0 fully saturated rings. The third kappa shape index (κ3) is 4.79. The van der Waals surface area contributed by atoms with Gasteiger partial charge in [0.1, 0.15) is 0 Å². The van der Waals surface area contributed by atoms with Crippen LogP contribution in [0.25, 0.3) is 34.2 Å². The highest BCUT2D eigenvalue weighted by Crippen LogP contribution is 2.41. The van der Waals surface area contributed by atoms with Gasteiger partial charge in [-0.15, -0.1) is 0 Å². The Labute approximate surface area is 222 Å². The van der Waals surface area contributed by atoms with Crippen LogP contribution in [0.1, 0.15) is 16.7 Å². The number of rotatable bonds is 9. The van der Waals surface area contributed by atoms with Crippen LogP contribution in [-0.2, 0) is 0 Å². The maximum atomic E-state index is 5.61. The summed E-state index contributed by atoms with van der Waals surface area (Å²) in [6.45, 7) is 5.13. The lowest BCUT2D eigenvalue weighted by molar-refractivity contribution is 0.313. The lowest BCUT2D eigenvalue weighted by Crippen LogP contribution is -2.12. The van der Waals surface area contributed by atoms with E-state index in [1.807, 2.05) is 0 Å². The molecule has 0 saturated heterocycles. The van der Waals surface area contributed by atoms with Gasteiger partial charge in [0.05, 0.1) is 16.7 Å². The molecule has 0 radical (unpaired) electrons. The van der Waals surface area contributed by atoms with E-state index in [0.29, 0.717) is 50.6 Å². The van der Waals surface area contributed by atoms with E-state index in [2.05, 4.69) is 15.0 Å². The highest BCUT2D eigenvalue weighted by molar-refractivity contribution is 5.77. The smallest absolute Gasteiger partial charge is 0.167 e. The molecule has 0 aliphatic carbocycles. The zero-order chi connectivity index (χ0) is 28.3. The molecule has 0 aliphatic heterocycles. The van der Waals surface area contributed by atoms with Crippen molar-refractivity contribution in [2.45, 2.75) is 20.8 Å². The molecule has 12 N–H and O–H groups in total. The van der Waals surface area contributed by atoms with Crippen molar-refractivity contribution in [1.29, 1.82) is 0 Å². The van der Waals surface area contributed by atoms with E-state index in [0.717, 1.165) is 0 Å². The maximum absolute atomic E-state index is 5.61. The molecule has 0 unspecified atom stereocenters. The summed E-state index contributed by atoms with van der Waals surface area (Å²) in [7, 11) is 0. The lowest BCUT2D eigenvalue weighted by atomic mass is 10.1. The first-order valence-corrected chi connectivity index (χ1v) is 11.2. The average molecular weight is 538 g/mol. The summed E-state index contributed by atoms with van der Waals surface area (Å²) in [4.78, 5) is 44.2. The van der Waals surface area contributed by atoms with Gasteiger partial charge in [-0.1, -0.05) is 0 Å². The fourth-order valence-corrected chi connectivity index (χ4v) is 4.12. The SMILES string of the molecule is Cc1c(ON)ccc(-c2nc(-c3ccc(ON)c(C)c3ON)nc(-c3ccc(ON)c(C)c3ON)n2)c1ON. The molecule has 0 aliphatic rings. The van der Waals surface area contributed by atoms with Crippen LogP contribution in [0.2, 0.25) is 0 Å². The third-order valence-electron chi connectivity index (χ3n) is 6.16. The average Bonchev–Trinajstić information content (AvgIpc) is 2.96. The first-order chi connectivity index (χ1) is 18.8. The molecular weight excluding hydrogens is 510 g/mol. The third-order valence-corrected chi connectivity index (χ3v) is 6.16. The second-order valence-corrected chi connectivity index (χ2v) is 8.21. The van der Waals surface area contributed by atoms with Crippen LogP contribution in [0.5, 0.6) is 34.5 Å². The predicted octanol–water partition coefficient (Wildman–Crippen LogP) is 1.31. The van der Waals surface area contributed by atoms with Crippen molar-refractivity contribution >= 4 is 0 Å². The second-order valence-electron chi connectivity index (χ2n) is 8.21. The van der Waals surface area contributed by atoms with Gasteiger partial charge in [0, 0.05) is 16.7 Å². The van der Waals surface area contributed by atoms with Crippen LogP contribution < -0.4 is 64.4 Å². The molecule has 1 heterocycles. The summed E-state index contributed by atoms with van der Waals surface area (Å²) in [6, 6.07) is 9.76. The van der Waals surface area contributed by atoms with E-state index in [-0.39, 0.29) is 34.7 Å². The Morgan fingerprint density at radius 3 is 0.872 bits per heavy atom. The molecule has 0 atom stereocenters. The summed E-state index contributed by atoms with van der Waals surface area (Å²) in [5, 5.41) is 0. The van der Waals surface area contributed by atoms with E-state index in [9.17, 15) is 0 Å². The van der Waals surface area contributed by atoms with Crippen LogP contribution >= 0.6 is 0 Å². The number of aromatic nitrogens is 3. The van der Waals surface area contributed by atoms with E-state index in [1.54, 1.807) is 57.2 Å². The van der Waals surface area contributed by atoms with Gasteiger partial charge in [-0.3, -0.25) is 0 Å². The summed E-state index contributed by atoms with van der Waals surface area (Å²) >= 11 is 0. The predicted molar refractivity (Wildman–Crippen MR) is 139 cm³/mol. The van der Waals surface area contributed by atoms with Crippen LogP contribution in [0.3, 0.4) is 0 Å². The minimum Gasteiger partial charge on any atom is -0.411 e. The zero-order valence-corrected chi connectivity index (χ0v) is 21.2. The van der Waals surface area contributed by atoms with Crippen molar-refractivity contribution in [3.63, 3.8) is 0 Å². The molecule has 15 heteroatoms. The largest absolute Gasteiger partial charge is 0.411 e. The highest BCUT2D eigenvalue weighted by Gasteiger charge is 2.24. The normalized spacial score (nSPS) is 10.7. The lowest BCUT2D eigenvalue weighted by Gasteiger charge is -2.17. The second kappa shape index (κ2) is 11.3. The number of hydrogen-bond acceptors (Lipinski definition) is 15. The Hall–Kier alpha value is -4.77. The molecule has 0 saturated carbocycles. The number of nitrogens with two attached hydrogens (primary N) is 6. The molecule has 15 nitrogen and oxygen atoms in total. The summed E-state index contributed by atoms with van der Waals surface area (Å²) in [6.07, 6.45) is 0. The van der Waals surface area contributed by atoms with Crippen LogP contribution in [0.4, 0.5) is 0 Å². The highest BCUT2D eigenvalue weighted by atomic mass is 16.6. The molecule has 0 amide bonds. The maximum Gasteiger partial charge on any atom is 0.167 e. The van der Waals surface area contributed by atoms with Gasteiger partial charge in [-0.05, 0) is 57.2 Å². The summed E-state index contributed by atoms with van der Waals surface area (Å²) in [5.41, 5.74) is 2.76. The number of hydrogen-bond donors (Lipinski definition) is 6. The molecule has 204 valence electrons. The van der Waals surface area contributed by atoms with E-state index in [1.165, 1.54) is 0 Å². The van der Waals surface area contributed by atoms with Crippen molar-refractivity contribution in [3.8, 4) is 68.7 Å². The number of nitrogens with zero attached hydrogens (tertiary/aromatic N) is 3. The summed E-state index contributed by atoms with van der Waals surface area (Å²) in [5.74, 6) is 35.2. The monoisotopic (exact) mass is 537 g/mol. The molecule has 4 aromatic rings. The Bertz CT molecular complexity index is 1340.